The molecular weight excluding hydrogens is 320 g/mol. The summed E-state index contributed by atoms with van der Waals surface area (Å²) >= 11 is 0. The molecule has 1 aliphatic carbocycles. The summed E-state index contributed by atoms with van der Waals surface area (Å²) in [5.74, 6) is 1.32. The fraction of sp³-hybridized carbons (Fsp3) is 0.444. The highest BCUT2D eigenvalue weighted by atomic mass is 16.5. The van der Waals surface area contributed by atoms with Crippen molar-refractivity contribution in [1.82, 2.24) is 20.4 Å². The molecule has 7 heteroatoms. The number of rotatable bonds is 5. The Morgan fingerprint density at radius 1 is 1.20 bits per heavy atom. The average molecular weight is 340 g/mol. The molecule has 1 N–H and O–H groups in total. The number of benzene rings is 1. The van der Waals surface area contributed by atoms with Crippen LogP contribution in [0.2, 0.25) is 0 Å². The Balaban J connectivity index is 1.37. The van der Waals surface area contributed by atoms with E-state index in [4.69, 9.17) is 4.52 Å². The first-order chi connectivity index (χ1) is 12.2. The molecule has 2 fully saturated rings. The number of nitrogens with one attached hydrogen (secondary N) is 1. The Labute approximate surface area is 145 Å². The van der Waals surface area contributed by atoms with E-state index in [2.05, 4.69) is 15.5 Å². The van der Waals surface area contributed by atoms with Crippen LogP contribution in [0.25, 0.3) is 0 Å². The summed E-state index contributed by atoms with van der Waals surface area (Å²) in [4.78, 5) is 30.8. The zero-order chi connectivity index (χ0) is 17.2. The highest BCUT2D eigenvalue weighted by Crippen LogP contribution is 2.39. The van der Waals surface area contributed by atoms with Gasteiger partial charge in [-0.2, -0.15) is 4.98 Å². The minimum absolute atomic E-state index is 0.0339. The lowest BCUT2D eigenvalue weighted by atomic mass is 10.2. The fourth-order valence-corrected chi connectivity index (χ4v) is 3.16. The largest absolute Gasteiger partial charge is 0.343 e. The third-order valence-electron chi connectivity index (χ3n) is 4.69. The second-order valence-corrected chi connectivity index (χ2v) is 6.56. The maximum absolute atomic E-state index is 12.5. The summed E-state index contributed by atoms with van der Waals surface area (Å²) in [6.45, 7) is 0.611. The second kappa shape index (κ2) is 6.66. The van der Waals surface area contributed by atoms with E-state index in [0.717, 1.165) is 31.5 Å². The lowest BCUT2D eigenvalue weighted by molar-refractivity contribution is -0.131. The molecule has 2 aromatic rings. The van der Waals surface area contributed by atoms with Gasteiger partial charge in [-0.3, -0.25) is 9.59 Å². The van der Waals surface area contributed by atoms with Crippen molar-refractivity contribution < 1.29 is 14.1 Å². The van der Waals surface area contributed by atoms with Crippen LogP contribution in [0.4, 0.5) is 0 Å². The van der Waals surface area contributed by atoms with Gasteiger partial charge < -0.3 is 14.7 Å². The summed E-state index contributed by atoms with van der Waals surface area (Å²) < 4.78 is 5.38. The van der Waals surface area contributed by atoms with Crippen molar-refractivity contribution in [3.05, 3.63) is 47.6 Å². The van der Waals surface area contributed by atoms with Gasteiger partial charge in [0, 0.05) is 18.0 Å². The van der Waals surface area contributed by atoms with Crippen molar-refractivity contribution in [2.75, 3.05) is 13.1 Å². The maximum Gasteiger partial charge on any atom is 0.251 e. The van der Waals surface area contributed by atoms with Gasteiger partial charge in [-0.05, 0) is 37.8 Å². The molecule has 4 rings (SSSR count). The summed E-state index contributed by atoms with van der Waals surface area (Å²) in [7, 11) is 0. The van der Waals surface area contributed by atoms with Crippen LogP contribution in [0.1, 0.15) is 59.7 Å². The van der Waals surface area contributed by atoms with Crippen molar-refractivity contribution >= 4 is 11.8 Å². The van der Waals surface area contributed by atoms with Crippen molar-refractivity contribution in [3.63, 3.8) is 0 Å². The number of amides is 2. The summed E-state index contributed by atoms with van der Waals surface area (Å²) in [5.41, 5.74) is 0.541. The minimum Gasteiger partial charge on any atom is -0.343 e. The van der Waals surface area contributed by atoms with E-state index in [1.54, 1.807) is 29.2 Å². The van der Waals surface area contributed by atoms with Gasteiger partial charge >= 0.3 is 0 Å². The number of nitrogens with zero attached hydrogens (tertiary/aromatic N) is 3. The lowest BCUT2D eigenvalue weighted by Gasteiger charge is -2.22. The average Bonchev–Trinajstić information content (AvgIpc) is 3.18. The van der Waals surface area contributed by atoms with Gasteiger partial charge in [0.05, 0.1) is 6.54 Å². The Morgan fingerprint density at radius 3 is 2.76 bits per heavy atom. The highest BCUT2D eigenvalue weighted by Gasteiger charge is 2.36. The van der Waals surface area contributed by atoms with Gasteiger partial charge in [-0.15, -0.1) is 0 Å². The predicted octanol–water partition coefficient (Wildman–Crippen LogP) is 2.04. The second-order valence-electron chi connectivity index (χ2n) is 6.56. The van der Waals surface area contributed by atoms with Gasteiger partial charge in [0.15, 0.2) is 5.82 Å². The Kier molecular flexibility index (Phi) is 4.21. The van der Waals surface area contributed by atoms with Crippen molar-refractivity contribution in [2.45, 2.75) is 37.6 Å². The van der Waals surface area contributed by atoms with Gasteiger partial charge in [-0.1, -0.05) is 23.4 Å². The molecule has 1 aliphatic heterocycles. The minimum atomic E-state index is -0.251. The molecule has 130 valence electrons. The smallest absolute Gasteiger partial charge is 0.251 e. The Hall–Kier alpha value is -2.70. The molecule has 2 aliphatic rings. The zero-order valence-electron chi connectivity index (χ0n) is 13.9. The normalized spacial score (nSPS) is 19.8. The molecule has 1 saturated carbocycles. The number of aromatic nitrogens is 2. The van der Waals surface area contributed by atoms with Crippen LogP contribution in [0.15, 0.2) is 34.9 Å². The van der Waals surface area contributed by atoms with E-state index >= 15 is 0 Å². The monoisotopic (exact) mass is 340 g/mol. The van der Waals surface area contributed by atoms with Crippen LogP contribution < -0.4 is 5.32 Å². The number of carbonyl (C=O) groups excluding carboxylic acids is 2. The highest BCUT2D eigenvalue weighted by molar-refractivity contribution is 5.96. The maximum atomic E-state index is 12.5. The van der Waals surface area contributed by atoms with E-state index in [1.807, 2.05) is 6.07 Å². The fourth-order valence-electron chi connectivity index (χ4n) is 3.16. The van der Waals surface area contributed by atoms with Gasteiger partial charge in [-0.25, -0.2) is 0 Å². The van der Waals surface area contributed by atoms with E-state index < -0.39 is 0 Å². The van der Waals surface area contributed by atoms with Crippen LogP contribution >= 0.6 is 0 Å². The van der Waals surface area contributed by atoms with Crippen LogP contribution in [-0.2, 0) is 4.79 Å². The van der Waals surface area contributed by atoms with E-state index in [1.165, 1.54) is 0 Å². The van der Waals surface area contributed by atoms with Gasteiger partial charge in [0.1, 0.15) is 6.04 Å². The topological polar surface area (TPSA) is 88.3 Å². The molecule has 1 unspecified atom stereocenters. The molecule has 2 amide bonds. The molecule has 2 heterocycles. The van der Waals surface area contributed by atoms with Crippen molar-refractivity contribution in [3.8, 4) is 0 Å². The molecule has 1 aromatic heterocycles. The van der Waals surface area contributed by atoms with Gasteiger partial charge in [0.2, 0.25) is 11.8 Å². The van der Waals surface area contributed by atoms with Crippen LogP contribution in [0.5, 0.6) is 0 Å². The van der Waals surface area contributed by atoms with Crippen LogP contribution in [0.3, 0.4) is 0 Å². The third-order valence-corrected chi connectivity index (χ3v) is 4.69. The van der Waals surface area contributed by atoms with E-state index in [9.17, 15) is 9.59 Å². The molecule has 0 spiro atoms. The number of carbonyl (C=O) groups is 2. The lowest BCUT2D eigenvalue weighted by Crippen LogP contribution is -2.39. The van der Waals surface area contributed by atoms with E-state index in [-0.39, 0.29) is 24.4 Å². The molecule has 1 saturated heterocycles. The van der Waals surface area contributed by atoms with Crippen molar-refractivity contribution in [2.24, 2.45) is 0 Å². The molecule has 1 atom stereocenters. The predicted molar refractivity (Wildman–Crippen MR) is 88.7 cm³/mol. The van der Waals surface area contributed by atoms with Crippen LogP contribution in [0, 0.1) is 0 Å². The standard InChI is InChI=1S/C18H20N4O3/c23-15(11-19-17(24)13-5-2-1-3-6-13)22-10-4-7-14(22)18-20-16(21-25-18)12-8-9-12/h1-3,5-6,12,14H,4,7-11H2,(H,19,24). The SMILES string of the molecule is O=C(NCC(=O)N1CCCC1c1nc(C2CC2)no1)c1ccccc1. The van der Waals surface area contributed by atoms with Crippen LogP contribution in [-0.4, -0.2) is 39.9 Å². The number of likely N-dealkylation sites (tertiary alicyclic amines) is 1. The Morgan fingerprint density at radius 2 is 2.00 bits per heavy atom. The molecular formula is C18H20N4O3. The van der Waals surface area contributed by atoms with E-state index in [0.29, 0.717) is 23.9 Å². The summed E-state index contributed by atoms with van der Waals surface area (Å²) in [6.07, 6.45) is 3.92. The first-order valence-corrected chi connectivity index (χ1v) is 8.68. The zero-order valence-corrected chi connectivity index (χ0v) is 13.9. The molecule has 25 heavy (non-hydrogen) atoms. The summed E-state index contributed by atoms with van der Waals surface area (Å²) in [6, 6.07) is 8.69. The molecule has 0 radical (unpaired) electrons. The third kappa shape index (κ3) is 3.40. The van der Waals surface area contributed by atoms with Gasteiger partial charge in [0.25, 0.3) is 5.91 Å². The number of hydrogen-bond donors (Lipinski definition) is 1. The molecule has 0 bridgehead atoms. The number of hydrogen-bond acceptors (Lipinski definition) is 5. The molecule has 1 aromatic carbocycles. The Bertz CT molecular complexity index is 770. The quantitative estimate of drug-likeness (QED) is 0.900. The summed E-state index contributed by atoms with van der Waals surface area (Å²) in [5, 5.41) is 6.72. The molecule has 7 nitrogen and oxygen atoms in total. The van der Waals surface area contributed by atoms with Crippen molar-refractivity contribution in [1.29, 1.82) is 0 Å². The first-order valence-electron chi connectivity index (χ1n) is 8.68. The first kappa shape index (κ1) is 15.8.